The molecule has 0 heterocycles. The van der Waals surface area contributed by atoms with Gasteiger partial charge in [-0.05, 0) is 28.7 Å². The van der Waals surface area contributed by atoms with Crippen LogP contribution in [0, 0.1) is 3.57 Å². The largest absolute Gasteiger partial charge is 0.506 e. The van der Waals surface area contributed by atoms with E-state index in [1.807, 2.05) is 22.6 Å². The lowest BCUT2D eigenvalue weighted by Gasteiger charge is -2.04. The number of phenolic OH excluding ortho intramolecular Hbond substituents is 1. The predicted molar refractivity (Wildman–Crippen MR) is 55.3 cm³/mol. The van der Waals surface area contributed by atoms with Gasteiger partial charge in [-0.1, -0.05) is 23.2 Å². The Kier molecular flexibility index (Phi) is 2.72. The van der Waals surface area contributed by atoms with Gasteiger partial charge in [0.25, 0.3) is 0 Å². The molecule has 0 aliphatic carbocycles. The maximum atomic E-state index is 9.13. The van der Waals surface area contributed by atoms with Gasteiger partial charge in [0.15, 0.2) is 0 Å². The molecule has 0 saturated heterocycles. The Labute approximate surface area is 87.4 Å². The van der Waals surface area contributed by atoms with Crippen LogP contribution in [0.1, 0.15) is 0 Å². The molecule has 0 aliphatic rings. The lowest BCUT2D eigenvalue weighted by Crippen LogP contribution is -1.90. The smallest absolute Gasteiger partial charge is 0.137 e. The minimum Gasteiger partial charge on any atom is -0.506 e. The van der Waals surface area contributed by atoms with Crippen molar-refractivity contribution in [1.29, 1.82) is 0 Å². The summed E-state index contributed by atoms with van der Waals surface area (Å²) in [7, 11) is 0. The van der Waals surface area contributed by atoms with Crippen LogP contribution in [0.25, 0.3) is 0 Å². The van der Waals surface area contributed by atoms with Gasteiger partial charge >= 0.3 is 0 Å². The lowest BCUT2D eigenvalue weighted by atomic mass is 10.3. The summed E-state index contributed by atoms with van der Waals surface area (Å²) < 4.78 is 0.684. The molecule has 0 atom stereocenters. The second-order valence-electron chi connectivity index (χ2n) is 1.92. The van der Waals surface area contributed by atoms with Crippen molar-refractivity contribution in [3.8, 4) is 5.75 Å². The molecule has 0 spiro atoms. The summed E-state index contributed by atoms with van der Waals surface area (Å²) in [5.41, 5.74) is 5.67. The van der Waals surface area contributed by atoms with E-state index in [1.54, 1.807) is 0 Å². The van der Waals surface area contributed by atoms with Crippen molar-refractivity contribution in [2.75, 3.05) is 5.73 Å². The van der Waals surface area contributed by atoms with Gasteiger partial charge in [-0.15, -0.1) is 0 Å². The molecule has 0 aliphatic heterocycles. The minimum atomic E-state index is -0.0435. The molecule has 0 amide bonds. The molecule has 0 unspecified atom stereocenters. The number of nitrogen functional groups attached to an aromatic ring is 1. The highest BCUT2D eigenvalue weighted by atomic mass is 127. The van der Waals surface area contributed by atoms with E-state index >= 15 is 0 Å². The van der Waals surface area contributed by atoms with E-state index in [0.29, 0.717) is 8.59 Å². The second-order valence-corrected chi connectivity index (χ2v) is 3.84. The number of phenols is 1. The van der Waals surface area contributed by atoms with Crippen LogP contribution in [0.2, 0.25) is 10.0 Å². The molecule has 0 radical (unpaired) electrons. The molecule has 1 aromatic rings. The fourth-order valence-electron chi connectivity index (χ4n) is 0.610. The Hall–Kier alpha value is 0.130. The van der Waals surface area contributed by atoms with Gasteiger partial charge in [0.05, 0.1) is 10.7 Å². The van der Waals surface area contributed by atoms with Crippen LogP contribution in [-0.4, -0.2) is 5.11 Å². The van der Waals surface area contributed by atoms with Gasteiger partial charge < -0.3 is 10.8 Å². The number of benzene rings is 1. The van der Waals surface area contributed by atoms with Crippen molar-refractivity contribution < 1.29 is 5.11 Å². The number of rotatable bonds is 0. The van der Waals surface area contributed by atoms with E-state index in [-0.39, 0.29) is 16.5 Å². The number of halogens is 3. The monoisotopic (exact) mass is 303 g/mol. The first-order valence-electron chi connectivity index (χ1n) is 2.66. The third-order valence-electron chi connectivity index (χ3n) is 1.17. The van der Waals surface area contributed by atoms with Gasteiger partial charge in [-0.2, -0.15) is 0 Å². The number of nitrogens with two attached hydrogens (primary N) is 1. The van der Waals surface area contributed by atoms with Crippen molar-refractivity contribution in [3.63, 3.8) is 0 Å². The van der Waals surface area contributed by atoms with E-state index in [2.05, 4.69) is 0 Å². The summed E-state index contributed by atoms with van der Waals surface area (Å²) in [6.07, 6.45) is 0. The molecule has 0 fully saturated rings. The first-order valence-corrected chi connectivity index (χ1v) is 4.49. The fraction of sp³-hybridized carbons (Fsp3) is 0. The Balaban J connectivity index is 3.46. The van der Waals surface area contributed by atoms with Crippen LogP contribution in [0.15, 0.2) is 6.07 Å². The van der Waals surface area contributed by atoms with Crippen LogP contribution < -0.4 is 5.73 Å². The minimum absolute atomic E-state index is 0.0435. The molecule has 3 N–H and O–H groups in total. The third-order valence-corrected chi connectivity index (χ3v) is 3.14. The highest BCUT2D eigenvalue weighted by molar-refractivity contribution is 14.1. The summed E-state index contributed by atoms with van der Waals surface area (Å²) in [6.45, 7) is 0. The molecular weight excluding hydrogens is 300 g/mol. The Morgan fingerprint density at radius 1 is 1.36 bits per heavy atom. The summed E-state index contributed by atoms with van der Waals surface area (Å²) in [5.74, 6) is -0.0435. The van der Waals surface area contributed by atoms with Gasteiger partial charge in [0, 0.05) is 3.57 Å². The molecular formula is C6H4Cl2INO. The molecule has 11 heavy (non-hydrogen) atoms. The molecule has 60 valence electrons. The first-order chi connectivity index (χ1) is 5.04. The van der Waals surface area contributed by atoms with Crippen LogP contribution in [0.4, 0.5) is 5.69 Å². The van der Waals surface area contributed by atoms with E-state index < -0.39 is 0 Å². The number of aromatic hydroxyl groups is 1. The summed E-state index contributed by atoms with van der Waals surface area (Å²) in [4.78, 5) is 0. The molecule has 2 nitrogen and oxygen atoms in total. The predicted octanol–water partition coefficient (Wildman–Crippen LogP) is 2.89. The van der Waals surface area contributed by atoms with Crippen LogP contribution in [0.3, 0.4) is 0 Å². The number of anilines is 1. The van der Waals surface area contributed by atoms with Gasteiger partial charge in [-0.3, -0.25) is 0 Å². The zero-order valence-corrected chi connectivity index (χ0v) is 8.91. The molecule has 5 heteroatoms. The van der Waals surface area contributed by atoms with Crippen molar-refractivity contribution >= 4 is 51.5 Å². The van der Waals surface area contributed by atoms with Crippen molar-refractivity contribution in [2.24, 2.45) is 0 Å². The quantitative estimate of drug-likeness (QED) is 0.440. The van der Waals surface area contributed by atoms with E-state index in [1.165, 1.54) is 6.07 Å². The first kappa shape index (κ1) is 9.22. The van der Waals surface area contributed by atoms with Crippen LogP contribution >= 0.6 is 45.8 Å². The number of hydrogen-bond acceptors (Lipinski definition) is 2. The second kappa shape index (κ2) is 3.25. The normalized spacial score (nSPS) is 10.1. The van der Waals surface area contributed by atoms with Gasteiger partial charge in [0.2, 0.25) is 0 Å². The molecule has 0 aromatic heterocycles. The van der Waals surface area contributed by atoms with E-state index in [4.69, 9.17) is 34.0 Å². The summed E-state index contributed by atoms with van der Waals surface area (Å²) >= 11 is 13.3. The average molecular weight is 304 g/mol. The topological polar surface area (TPSA) is 46.2 Å². The maximum Gasteiger partial charge on any atom is 0.137 e. The van der Waals surface area contributed by atoms with Crippen LogP contribution in [-0.2, 0) is 0 Å². The third kappa shape index (κ3) is 1.65. The zero-order chi connectivity index (χ0) is 8.59. The Morgan fingerprint density at radius 2 is 1.91 bits per heavy atom. The van der Waals surface area contributed by atoms with Gasteiger partial charge in [-0.25, -0.2) is 0 Å². The zero-order valence-electron chi connectivity index (χ0n) is 5.24. The van der Waals surface area contributed by atoms with E-state index in [9.17, 15) is 0 Å². The van der Waals surface area contributed by atoms with Crippen molar-refractivity contribution in [2.45, 2.75) is 0 Å². The Morgan fingerprint density at radius 3 is 2.45 bits per heavy atom. The maximum absolute atomic E-state index is 9.13. The van der Waals surface area contributed by atoms with Crippen molar-refractivity contribution in [3.05, 3.63) is 19.7 Å². The fourth-order valence-corrected chi connectivity index (χ4v) is 1.54. The SMILES string of the molecule is Nc1c(Cl)c(O)cc(I)c1Cl. The van der Waals surface area contributed by atoms with Crippen LogP contribution in [0.5, 0.6) is 5.75 Å². The summed E-state index contributed by atoms with van der Waals surface area (Å²) in [6, 6.07) is 1.46. The highest BCUT2D eigenvalue weighted by Gasteiger charge is 2.10. The van der Waals surface area contributed by atoms with Crippen molar-refractivity contribution in [1.82, 2.24) is 0 Å². The standard InChI is InChI=1S/C6H4Cl2INO/c7-4-2(9)1-3(11)5(8)6(4)10/h1,11H,10H2. The highest BCUT2D eigenvalue weighted by Crippen LogP contribution is 2.37. The molecule has 1 aromatic carbocycles. The van der Waals surface area contributed by atoms with E-state index in [0.717, 1.165) is 0 Å². The molecule has 0 saturated carbocycles. The van der Waals surface area contributed by atoms with Gasteiger partial charge in [0.1, 0.15) is 10.8 Å². The number of hydrogen-bond donors (Lipinski definition) is 2. The molecule has 1 rings (SSSR count). The lowest BCUT2D eigenvalue weighted by molar-refractivity contribution is 0.475. The Bertz CT molecular complexity index is 277. The average Bonchev–Trinajstić information content (AvgIpc) is 1.97. The molecule has 0 bridgehead atoms. The summed E-state index contributed by atoms with van der Waals surface area (Å²) in [5, 5.41) is 9.62.